The molecule has 4 heteroatoms. The van der Waals surface area contributed by atoms with Gasteiger partial charge in [-0.15, -0.1) is 0 Å². The zero-order valence-electron chi connectivity index (χ0n) is 13.9. The third kappa shape index (κ3) is 5.26. The molecular weight excluding hydrogens is 280 g/mol. The van der Waals surface area contributed by atoms with E-state index in [0.29, 0.717) is 6.10 Å². The summed E-state index contributed by atoms with van der Waals surface area (Å²) in [5, 5.41) is 0. The highest BCUT2D eigenvalue weighted by Crippen LogP contribution is 2.35. The van der Waals surface area contributed by atoms with E-state index in [4.69, 9.17) is 18.9 Å². The van der Waals surface area contributed by atoms with E-state index in [-0.39, 0.29) is 12.9 Å². The highest BCUT2D eigenvalue weighted by Gasteiger charge is 2.14. The van der Waals surface area contributed by atoms with E-state index in [9.17, 15) is 0 Å². The van der Waals surface area contributed by atoms with Crippen molar-refractivity contribution in [2.45, 2.75) is 52.7 Å². The van der Waals surface area contributed by atoms with Gasteiger partial charge in [-0.2, -0.15) is 0 Å². The minimum Gasteiger partial charge on any atom is -0.490 e. The Morgan fingerprint density at radius 3 is 2.77 bits per heavy atom. The zero-order valence-corrected chi connectivity index (χ0v) is 13.9. The van der Waals surface area contributed by atoms with Gasteiger partial charge in [0.1, 0.15) is 5.75 Å². The Kier molecular flexibility index (Phi) is 6.13. The average Bonchev–Trinajstić information content (AvgIpc) is 2.92. The molecule has 0 aliphatic carbocycles. The van der Waals surface area contributed by atoms with Crippen LogP contribution in [0.2, 0.25) is 0 Å². The highest BCUT2D eigenvalue weighted by molar-refractivity contribution is 5.46. The highest BCUT2D eigenvalue weighted by atomic mass is 16.7. The van der Waals surface area contributed by atoms with E-state index < -0.39 is 0 Å². The van der Waals surface area contributed by atoms with E-state index in [1.54, 1.807) is 0 Å². The lowest BCUT2D eigenvalue weighted by Crippen LogP contribution is -2.10. The van der Waals surface area contributed by atoms with Gasteiger partial charge < -0.3 is 18.9 Å². The van der Waals surface area contributed by atoms with Crippen LogP contribution in [0.15, 0.2) is 29.8 Å². The number of ether oxygens (including phenoxy) is 4. The maximum absolute atomic E-state index is 5.92. The summed E-state index contributed by atoms with van der Waals surface area (Å²) < 4.78 is 22.1. The molecule has 1 aromatic rings. The van der Waals surface area contributed by atoms with Crippen molar-refractivity contribution in [2.75, 3.05) is 13.4 Å². The number of benzene rings is 1. The van der Waals surface area contributed by atoms with E-state index in [0.717, 1.165) is 36.7 Å². The van der Waals surface area contributed by atoms with E-state index in [2.05, 4.69) is 33.8 Å². The molecule has 1 aromatic carbocycles. The van der Waals surface area contributed by atoms with Crippen molar-refractivity contribution in [2.24, 2.45) is 0 Å². The summed E-state index contributed by atoms with van der Waals surface area (Å²) >= 11 is 0. The predicted octanol–water partition coefficient (Wildman–Crippen LogP) is 4.33. The molecule has 0 fully saturated rings. The smallest absolute Gasteiger partial charge is 0.231 e. The minimum absolute atomic E-state index is 0.112. The maximum atomic E-state index is 5.92. The third-order valence-electron chi connectivity index (χ3n) is 3.43. The van der Waals surface area contributed by atoms with Crippen molar-refractivity contribution in [1.29, 1.82) is 0 Å². The van der Waals surface area contributed by atoms with Crippen molar-refractivity contribution in [3.8, 4) is 17.2 Å². The van der Waals surface area contributed by atoms with Gasteiger partial charge in [-0.25, -0.2) is 0 Å². The molecule has 1 heterocycles. The largest absolute Gasteiger partial charge is 0.490 e. The Balaban J connectivity index is 1.76. The van der Waals surface area contributed by atoms with Crippen molar-refractivity contribution in [3.05, 3.63) is 29.8 Å². The van der Waals surface area contributed by atoms with Gasteiger partial charge in [-0.3, -0.25) is 0 Å². The van der Waals surface area contributed by atoms with Gasteiger partial charge in [-0.1, -0.05) is 11.6 Å². The van der Waals surface area contributed by atoms with Crippen LogP contribution in [0.3, 0.4) is 0 Å². The first-order chi connectivity index (χ1) is 10.5. The topological polar surface area (TPSA) is 36.9 Å². The quantitative estimate of drug-likeness (QED) is 0.670. The number of hydrogen-bond acceptors (Lipinski definition) is 4. The molecular formula is C18H26O4. The number of hydrogen-bond donors (Lipinski definition) is 0. The third-order valence-corrected chi connectivity index (χ3v) is 3.43. The fourth-order valence-corrected chi connectivity index (χ4v) is 2.16. The summed E-state index contributed by atoms with van der Waals surface area (Å²) in [6.45, 7) is 9.38. The molecule has 0 amide bonds. The number of fused-ring (bicyclic) bond motifs is 1. The fourth-order valence-electron chi connectivity index (χ4n) is 2.16. The van der Waals surface area contributed by atoms with Gasteiger partial charge in [0.25, 0.3) is 0 Å². The monoisotopic (exact) mass is 306 g/mol. The molecule has 2 rings (SSSR count). The molecule has 0 aromatic heterocycles. The Morgan fingerprint density at radius 2 is 2.00 bits per heavy atom. The average molecular weight is 306 g/mol. The van der Waals surface area contributed by atoms with Gasteiger partial charge in [0.05, 0.1) is 18.8 Å². The first-order valence-corrected chi connectivity index (χ1v) is 7.88. The van der Waals surface area contributed by atoms with Crippen LogP contribution in [0.25, 0.3) is 0 Å². The van der Waals surface area contributed by atoms with Gasteiger partial charge in [0, 0.05) is 12.5 Å². The van der Waals surface area contributed by atoms with Gasteiger partial charge in [0.2, 0.25) is 6.79 Å². The number of rotatable bonds is 8. The second-order valence-corrected chi connectivity index (χ2v) is 5.90. The van der Waals surface area contributed by atoms with Crippen molar-refractivity contribution >= 4 is 0 Å². The molecule has 1 aliphatic heterocycles. The molecule has 0 saturated heterocycles. The molecule has 0 N–H and O–H groups in total. The lowest BCUT2D eigenvalue weighted by atomic mass is 10.1. The van der Waals surface area contributed by atoms with Crippen LogP contribution in [-0.2, 0) is 4.74 Å². The fraction of sp³-hybridized carbons (Fsp3) is 0.556. The van der Waals surface area contributed by atoms with E-state index >= 15 is 0 Å². The first kappa shape index (κ1) is 16.7. The molecule has 0 bridgehead atoms. The lowest BCUT2D eigenvalue weighted by Gasteiger charge is -2.14. The van der Waals surface area contributed by atoms with Crippen LogP contribution in [0.5, 0.6) is 17.2 Å². The molecule has 0 saturated carbocycles. The van der Waals surface area contributed by atoms with Crippen molar-refractivity contribution in [3.63, 3.8) is 0 Å². The molecule has 1 atom stereocenters. The zero-order chi connectivity index (χ0) is 15.9. The first-order valence-electron chi connectivity index (χ1n) is 7.88. The second kappa shape index (κ2) is 8.08. The van der Waals surface area contributed by atoms with Crippen molar-refractivity contribution < 1.29 is 18.9 Å². The van der Waals surface area contributed by atoms with Crippen LogP contribution in [0.1, 0.15) is 40.5 Å². The Bertz CT molecular complexity index is 508. The SMILES string of the molecule is CC(=CCC(C)Oc1ccc2c(c1)OCO2)CCOC(C)C. The molecule has 22 heavy (non-hydrogen) atoms. The van der Waals surface area contributed by atoms with E-state index in [1.807, 2.05) is 18.2 Å². The molecule has 1 unspecified atom stereocenters. The molecule has 1 aliphatic rings. The predicted molar refractivity (Wildman–Crippen MR) is 86.7 cm³/mol. The molecule has 0 radical (unpaired) electrons. The Hall–Kier alpha value is -1.68. The Morgan fingerprint density at radius 1 is 1.23 bits per heavy atom. The summed E-state index contributed by atoms with van der Waals surface area (Å²) in [6.07, 6.45) is 4.47. The van der Waals surface area contributed by atoms with Crippen LogP contribution < -0.4 is 14.2 Å². The maximum Gasteiger partial charge on any atom is 0.231 e. The summed E-state index contributed by atoms with van der Waals surface area (Å²) in [4.78, 5) is 0. The Labute approximate surface area is 133 Å². The summed E-state index contributed by atoms with van der Waals surface area (Å²) in [5.74, 6) is 2.34. The van der Waals surface area contributed by atoms with Crippen LogP contribution in [-0.4, -0.2) is 25.6 Å². The standard InChI is InChI=1S/C18H26O4/c1-13(2)19-10-9-14(3)5-6-15(4)22-16-7-8-17-18(11-16)21-12-20-17/h5,7-8,11,13,15H,6,9-10,12H2,1-4H3. The van der Waals surface area contributed by atoms with E-state index in [1.165, 1.54) is 5.57 Å². The van der Waals surface area contributed by atoms with Crippen LogP contribution in [0.4, 0.5) is 0 Å². The van der Waals surface area contributed by atoms with Gasteiger partial charge >= 0.3 is 0 Å². The minimum atomic E-state index is 0.112. The second-order valence-electron chi connectivity index (χ2n) is 5.90. The summed E-state index contributed by atoms with van der Waals surface area (Å²) in [7, 11) is 0. The van der Waals surface area contributed by atoms with Crippen LogP contribution in [0, 0.1) is 0 Å². The molecule has 4 nitrogen and oxygen atoms in total. The van der Waals surface area contributed by atoms with Crippen molar-refractivity contribution in [1.82, 2.24) is 0 Å². The van der Waals surface area contributed by atoms with Crippen LogP contribution >= 0.6 is 0 Å². The lowest BCUT2D eigenvalue weighted by molar-refractivity contribution is 0.0812. The van der Waals surface area contributed by atoms with Gasteiger partial charge in [0.15, 0.2) is 11.5 Å². The summed E-state index contributed by atoms with van der Waals surface area (Å²) in [5.41, 5.74) is 1.33. The normalized spacial score (nSPS) is 15.2. The van der Waals surface area contributed by atoms with Gasteiger partial charge in [-0.05, 0) is 46.2 Å². The molecule has 122 valence electrons. The summed E-state index contributed by atoms with van der Waals surface area (Å²) in [6, 6.07) is 5.68. The molecule has 0 spiro atoms.